The summed E-state index contributed by atoms with van der Waals surface area (Å²) < 4.78 is 0. The number of rotatable bonds is 3. The van der Waals surface area contributed by atoms with Crippen molar-refractivity contribution in [3.05, 3.63) is 28.8 Å². The number of halogens is 1. The summed E-state index contributed by atoms with van der Waals surface area (Å²) in [6.07, 6.45) is 3.68. The van der Waals surface area contributed by atoms with Crippen LogP contribution in [-0.2, 0) is 0 Å². The average molecular weight is 283 g/mol. The van der Waals surface area contributed by atoms with E-state index in [1.165, 1.54) is 19.3 Å². The minimum atomic E-state index is -0.0487. The van der Waals surface area contributed by atoms with Crippen molar-refractivity contribution >= 4 is 24.0 Å². The molecule has 0 aromatic heterocycles. The van der Waals surface area contributed by atoms with Crippen molar-refractivity contribution in [2.45, 2.75) is 40.0 Å². The van der Waals surface area contributed by atoms with Crippen molar-refractivity contribution in [3.63, 3.8) is 0 Å². The summed E-state index contributed by atoms with van der Waals surface area (Å²) in [5.74, 6) is -0.0487. The van der Waals surface area contributed by atoms with E-state index in [0.717, 1.165) is 17.7 Å². The van der Waals surface area contributed by atoms with Gasteiger partial charge in [0.25, 0.3) is 5.91 Å². The van der Waals surface area contributed by atoms with Crippen molar-refractivity contribution < 1.29 is 4.79 Å². The van der Waals surface area contributed by atoms with Crippen molar-refractivity contribution in [3.8, 4) is 0 Å². The lowest BCUT2D eigenvalue weighted by Gasteiger charge is -2.38. The summed E-state index contributed by atoms with van der Waals surface area (Å²) in [6.45, 7) is 6.89. The summed E-state index contributed by atoms with van der Waals surface area (Å²) in [7, 11) is 0. The Labute approximate surface area is 121 Å². The number of amides is 1. The van der Waals surface area contributed by atoms with Crippen LogP contribution in [0.5, 0.6) is 0 Å². The van der Waals surface area contributed by atoms with Crippen LogP contribution in [0.2, 0.25) is 0 Å². The van der Waals surface area contributed by atoms with Gasteiger partial charge in [0.05, 0.1) is 5.56 Å². The second kappa shape index (κ2) is 5.83. The normalized spacial score (nSPS) is 16.2. The van der Waals surface area contributed by atoms with E-state index in [4.69, 9.17) is 5.73 Å². The molecule has 0 saturated heterocycles. The zero-order valence-electron chi connectivity index (χ0n) is 11.9. The predicted molar refractivity (Wildman–Crippen MR) is 81.9 cm³/mol. The summed E-state index contributed by atoms with van der Waals surface area (Å²) in [5, 5.41) is 3.02. The Kier molecular flexibility index (Phi) is 4.86. The number of nitrogens with one attached hydrogen (secondary N) is 1. The van der Waals surface area contributed by atoms with E-state index in [1.54, 1.807) is 0 Å². The standard InChI is InChI=1S/C15H22N2O.ClH/c1-10-7-11(2)13(16)12(8-10)14(18)17-9-15(3)5-4-6-15;/h7-8H,4-6,9,16H2,1-3H3,(H,17,18);1H. The molecule has 1 amide bonds. The van der Waals surface area contributed by atoms with E-state index < -0.39 is 0 Å². The van der Waals surface area contributed by atoms with Gasteiger partial charge >= 0.3 is 0 Å². The highest BCUT2D eigenvalue weighted by atomic mass is 35.5. The highest BCUT2D eigenvalue weighted by molar-refractivity contribution is 6.00. The molecule has 0 unspecified atom stereocenters. The number of anilines is 1. The second-order valence-electron chi connectivity index (χ2n) is 5.89. The van der Waals surface area contributed by atoms with Crippen molar-refractivity contribution in [1.82, 2.24) is 5.32 Å². The Balaban J connectivity index is 0.00000180. The molecule has 1 aliphatic carbocycles. The lowest BCUT2D eigenvalue weighted by atomic mass is 9.70. The molecule has 0 aliphatic heterocycles. The number of carbonyl (C=O) groups excluding carboxylic acids is 1. The van der Waals surface area contributed by atoms with E-state index in [1.807, 2.05) is 26.0 Å². The van der Waals surface area contributed by atoms with E-state index in [9.17, 15) is 4.79 Å². The van der Waals surface area contributed by atoms with Gasteiger partial charge in [-0.2, -0.15) is 0 Å². The SMILES string of the molecule is Cc1cc(C)c(N)c(C(=O)NCC2(C)CCC2)c1.Cl. The monoisotopic (exact) mass is 282 g/mol. The van der Waals surface area contributed by atoms with Gasteiger partial charge in [-0.3, -0.25) is 4.79 Å². The van der Waals surface area contributed by atoms with Crippen molar-refractivity contribution in [2.24, 2.45) is 5.41 Å². The van der Waals surface area contributed by atoms with Gasteiger partial charge < -0.3 is 11.1 Å². The molecular weight excluding hydrogens is 260 g/mol. The van der Waals surface area contributed by atoms with Gasteiger partial charge in [-0.05, 0) is 49.3 Å². The van der Waals surface area contributed by atoms with Crippen molar-refractivity contribution in [2.75, 3.05) is 12.3 Å². The number of benzene rings is 1. The van der Waals surface area contributed by atoms with Crippen LogP contribution >= 0.6 is 12.4 Å². The Morgan fingerprint density at radius 1 is 1.37 bits per heavy atom. The first kappa shape index (κ1) is 15.8. The van der Waals surface area contributed by atoms with Gasteiger partial charge in [-0.15, -0.1) is 12.4 Å². The Morgan fingerprint density at radius 3 is 2.53 bits per heavy atom. The second-order valence-corrected chi connectivity index (χ2v) is 5.89. The van der Waals surface area contributed by atoms with Gasteiger partial charge in [0.2, 0.25) is 0 Å². The fourth-order valence-electron chi connectivity index (χ4n) is 2.51. The zero-order chi connectivity index (χ0) is 13.3. The molecule has 1 saturated carbocycles. The summed E-state index contributed by atoms with van der Waals surface area (Å²) >= 11 is 0. The largest absolute Gasteiger partial charge is 0.398 e. The molecule has 1 aliphatic rings. The molecule has 0 bridgehead atoms. The Morgan fingerprint density at radius 2 is 2.00 bits per heavy atom. The third-order valence-electron chi connectivity index (χ3n) is 4.01. The fraction of sp³-hybridized carbons (Fsp3) is 0.533. The Hall–Kier alpha value is -1.22. The lowest BCUT2D eigenvalue weighted by Crippen LogP contribution is -2.40. The highest BCUT2D eigenvalue weighted by Gasteiger charge is 2.32. The van der Waals surface area contributed by atoms with Crippen LogP contribution in [0.25, 0.3) is 0 Å². The van der Waals surface area contributed by atoms with Gasteiger partial charge in [-0.25, -0.2) is 0 Å². The number of nitrogen functional groups attached to an aromatic ring is 1. The van der Waals surface area contributed by atoms with Gasteiger partial charge in [-0.1, -0.05) is 19.4 Å². The maximum Gasteiger partial charge on any atom is 0.253 e. The minimum Gasteiger partial charge on any atom is -0.398 e. The van der Waals surface area contributed by atoms with Crippen LogP contribution in [0.15, 0.2) is 12.1 Å². The molecule has 0 spiro atoms. The van der Waals surface area contributed by atoms with Crippen molar-refractivity contribution in [1.29, 1.82) is 0 Å². The summed E-state index contributed by atoms with van der Waals surface area (Å²) in [5.41, 5.74) is 9.51. The number of aryl methyl sites for hydroxylation is 2. The molecule has 2 rings (SSSR count). The smallest absolute Gasteiger partial charge is 0.253 e. The summed E-state index contributed by atoms with van der Waals surface area (Å²) in [4.78, 5) is 12.2. The first-order chi connectivity index (χ1) is 8.41. The molecule has 19 heavy (non-hydrogen) atoms. The lowest BCUT2D eigenvalue weighted by molar-refractivity contribution is 0.0891. The molecule has 106 valence electrons. The molecule has 0 atom stereocenters. The Bertz CT molecular complexity index is 481. The van der Waals surface area contributed by atoms with Gasteiger partial charge in [0, 0.05) is 12.2 Å². The first-order valence-corrected chi connectivity index (χ1v) is 6.56. The van der Waals surface area contributed by atoms with Crippen LogP contribution in [-0.4, -0.2) is 12.5 Å². The first-order valence-electron chi connectivity index (χ1n) is 6.56. The average Bonchev–Trinajstić information content (AvgIpc) is 2.28. The summed E-state index contributed by atoms with van der Waals surface area (Å²) in [6, 6.07) is 3.86. The van der Waals surface area contributed by atoms with Crippen LogP contribution in [0.3, 0.4) is 0 Å². The molecule has 4 heteroatoms. The molecule has 0 heterocycles. The maximum atomic E-state index is 12.2. The van der Waals surface area contributed by atoms with Crippen LogP contribution in [0.4, 0.5) is 5.69 Å². The maximum absolute atomic E-state index is 12.2. The number of hydrogen-bond donors (Lipinski definition) is 2. The van der Waals surface area contributed by atoms with E-state index in [2.05, 4.69) is 12.2 Å². The third kappa shape index (κ3) is 3.41. The van der Waals surface area contributed by atoms with Crippen LogP contribution in [0.1, 0.15) is 47.7 Å². The quantitative estimate of drug-likeness (QED) is 0.837. The van der Waals surface area contributed by atoms with E-state index in [0.29, 0.717) is 16.7 Å². The van der Waals surface area contributed by atoms with E-state index >= 15 is 0 Å². The topological polar surface area (TPSA) is 55.1 Å². The third-order valence-corrected chi connectivity index (χ3v) is 4.01. The fourth-order valence-corrected chi connectivity index (χ4v) is 2.51. The number of carbonyl (C=O) groups is 1. The minimum absolute atomic E-state index is 0. The molecule has 1 aromatic carbocycles. The molecule has 3 nitrogen and oxygen atoms in total. The van der Waals surface area contributed by atoms with E-state index in [-0.39, 0.29) is 18.3 Å². The number of nitrogens with two attached hydrogens (primary N) is 1. The molecule has 1 aromatic rings. The molecule has 3 N–H and O–H groups in total. The zero-order valence-corrected chi connectivity index (χ0v) is 12.7. The molecular formula is C15H23ClN2O. The molecule has 0 radical (unpaired) electrons. The molecule has 1 fully saturated rings. The van der Waals surface area contributed by atoms with Gasteiger partial charge in [0.15, 0.2) is 0 Å². The van der Waals surface area contributed by atoms with Crippen LogP contribution in [0, 0.1) is 19.3 Å². The van der Waals surface area contributed by atoms with Gasteiger partial charge in [0.1, 0.15) is 0 Å². The van der Waals surface area contributed by atoms with Crippen LogP contribution < -0.4 is 11.1 Å². The number of hydrogen-bond acceptors (Lipinski definition) is 2. The highest BCUT2D eigenvalue weighted by Crippen LogP contribution is 2.39. The predicted octanol–water partition coefficient (Wildman–Crippen LogP) is 3.23.